The van der Waals surface area contributed by atoms with Gasteiger partial charge in [0.25, 0.3) is 0 Å². The second-order valence-corrected chi connectivity index (χ2v) is 7.85. The summed E-state index contributed by atoms with van der Waals surface area (Å²) in [5.74, 6) is 0. The molecule has 0 radical (unpaired) electrons. The third-order valence-corrected chi connectivity index (χ3v) is 6.06. The monoisotopic (exact) mass is 378 g/mol. The van der Waals surface area contributed by atoms with Crippen molar-refractivity contribution in [2.75, 3.05) is 0 Å². The summed E-state index contributed by atoms with van der Waals surface area (Å²) in [7, 11) is 0. The molecular weight excluding hydrogens is 352 g/mol. The Hall–Kier alpha value is -3.10. The molecule has 2 nitrogen and oxygen atoms in total. The van der Waals surface area contributed by atoms with Gasteiger partial charge in [-0.05, 0) is 60.2 Å². The number of allylic oxidation sites excluding steroid dienone is 4. The quantitative estimate of drug-likeness (QED) is 0.410. The molecule has 3 aromatic carbocycles. The fourth-order valence-corrected chi connectivity index (χ4v) is 4.40. The molecule has 1 aromatic heterocycles. The summed E-state index contributed by atoms with van der Waals surface area (Å²) in [4.78, 5) is 0. The molecule has 0 saturated heterocycles. The zero-order valence-corrected chi connectivity index (χ0v) is 16.8. The predicted octanol–water partition coefficient (Wildman–Crippen LogP) is 6.93. The van der Waals surface area contributed by atoms with E-state index in [4.69, 9.17) is 5.73 Å². The Morgan fingerprint density at radius 2 is 1.69 bits per heavy atom. The normalized spacial score (nSPS) is 15.0. The molecule has 1 atom stereocenters. The molecule has 5 rings (SSSR count). The smallest absolute Gasteiger partial charge is 0.0547 e. The lowest BCUT2D eigenvalue weighted by Gasteiger charge is -2.12. The van der Waals surface area contributed by atoms with Gasteiger partial charge in [-0.15, -0.1) is 0 Å². The zero-order valence-electron chi connectivity index (χ0n) is 16.8. The molecule has 29 heavy (non-hydrogen) atoms. The van der Waals surface area contributed by atoms with E-state index in [2.05, 4.69) is 96.4 Å². The van der Waals surface area contributed by atoms with Crippen molar-refractivity contribution < 1.29 is 0 Å². The average Bonchev–Trinajstić information content (AvgIpc) is 3.12. The molecular formula is C27H26N2. The Bertz CT molecular complexity index is 1240. The number of nitrogens with two attached hydrogens (primary N) is 1. The molecule has 2 heteroatoms. The van der Waals surface area contributed by atoms with Crippen molar-refractivity contribution in [1.29, 1.82) is 0 Å². The van der Waals surface area contributed by atoms with Crippen LogP contribution in [0.15, 0.2) is 85.0 Å². The summed E-state index contributed by atoms with van der Waals surface area (Å²) < 4.78 is 2.39. The molecule has 0 bridgehead atoms. The van der Waals surface area contributed by atoms with Crippen LogP contribution in [0.2, 0.25) is 0 Å². The molecule has 0 aliphatic heterocycles. The Morgan fingerprint density at radius 3 is 2.41 bits per heavy atom. The molecule has 2 N–H and O–H groups in total. The van der Waals surface area contributed by atoms with Crippen LogP contribution in [-0.4, -0.2) is 4.57 Å². The van der Waals surface area contributed by atoms with Gasteiger partial charge in [0.05, 0.1) is 11.0 Å². The molecule has 0 amide bonds. The van der Waals surface area contributed by atoms with Crippen LogP contribution in [0, 0.1) is 0 Å². The van der Waals surface area contributed by atoms with Crippen LogP contribution < -0.4 is 5.73 Å². The van der Waals surface area contributed by atoms with Crippen LogP contribution in [-0.2, 0) is 0 Å². The van der Waals surface area contributed by atoms with E-state index in [0.717, 1.165) is 19.3 Å². The Labute approximate surface area is 172 Å². The van der Waals surface area contributed by atoms with Crippen molar-refractivity contribution >= 4 is 27.4 Å². The molecule has 1 aliphatic rings. The fourth-order valence-electron chi connectivity index (χ4n) is 4.40. The van der Waals surface area contributed by atoms with Crippen molar-refractivity contribution in [3.8, 4) is 5.69 Å². The Kier molecular flexibility index (Phi) is 4.57. The van der Waals surface area contributed by atoms with Crippen LogP contribution in [0.25, 0.3) is 33.1 Å². The lowest BCUT2D eigenvalue weighted by Crippen LogP contribution is -2.08. The first-order chi connectivity index (χ1) is 14.3. The van der Waals surface area contributed by atoms with Gasteiger partial charge in [0, 0.05) is 22.5 Å². The highest BCUT2D eigenvalue weighted by Crippen LogP contribution is 2.36. The summed E-state index contributed by atoms with van der Waals surface area (Å²) in [6.45, 7) is 2.14. The number of fused-ring (bicyclic) bond motifs is 3. The third-order valence-electron chi connectivity index (χ3n) is 6.06. The van der Waals surface area contributed by atoms with Crippen LogP contribution in [0.3, 0.4) is 0 Å². The van der Waals surface area contributed by atoms with E-state index < -0.39 is 0 Å². The van der Waals surface area contributed by atoms with E-state index in [1.807, 2.05) is 0 Å². The molecule has 0 spiro atoms. The van der Waals surface area contributed by atoms with Gasteiger partial charge in [-0.3, -0.25) is 0 Å². The van der Waals surface area contributed by atoms with E-state index in [0.29, 0.717) is 0 Å². The predicted molar refractivity (Wildman–Crippen MR) is 124 cm³/mol. The van der Waals surface area contributed by atoms with Crippen molar-refractivity contribution in [3.63, 3.8) is 0 Å². The highest BCUT2D eigenvalue weighted by Gasteiger charge is 2.15. The molecule has 4 aromatic rings. The third kappa shape index (κ3) is 3.10. The highest BCUT2D eigenvalue weighted by molar-refractivity contribution is 6.10. The van der Waals surface area contributed by atoms with Crippen molar-refractivity contribution in [3.05, 3.63) is 96.1 Å². The largest absolute Gasteiger partial charge is 0.324 e. The van der Waals surface area contributed by atoms with Crippen LogP contribution in [0.1, 0.15) is 43.4 Å². The van der Waals surface area contributed by atoms with E-state index >= 15 is 0 Å². The van der Waals surface area contributed by atoms with Gasteiger partial charge < -0.3 is 10.3 Å². The first-order valence-electron chi connectivity index (χ1n) is 10.5. The van der Waals surface area contributed by atoms with Crippen molar-refractivity contribution in [2.45, 2.75) is 32.2 Å². The standard InChI is InChI=1S/C27H26N2/c1-2-25(28)21-14-16-24-23-15-13-20(19-9-5-3-6-10-19)17-26(23)29(27(24)18-21)22-11-7-4-8-12-22/h3-5,7-9,11-18,25H,2,6,10,28H2,1H3. The van der Waals surface area contributed by atoms with E-state index in [-0.39, 0.29) is 6.04 Å². The van der Waals surface area contributed by atoms with Crippen LogP contribution in [0.4, 0.5) is 0 Å². The number of hydrogen-bond donors (Lipinski definition) is 1. The topological polar surface area (TPSA) is 30.9 Å². The average molecular weight is 379 g/mol. The van der Waals surface area contributed by atoms with Gasteiger partial charge in [-0.2, -0.15) is 0 Å². The van der Waals surface area contributed by atoms with Crippen molar-refractivity contribution in [2.24, 2.45) is 5.73 Å². The molecule has 144 valence electrons. The van der Waals surface area contributed by atoms with E-state index in [1.165, 1.54) is 44.2 Å². The fraction of sp³-hybridized carbons (Fsp3) is 0.185. The van der Waals surface area contributed by atoms with E-state index in [1.54, 1.807) is 0 Å². The molecule has 0 fully saturated rings. The van der Waals surface area contributed by atoms with Gasteiger partial charge in [0.2, 0.25) is 0 Å². The SMILES string of the molecule is CCC(N)c1ccc2c3ccc(C4=CC=CCC4)cc3n(-c3ccccc3)c2c1. The highest BCUT2D eigenvalue weighted by atomic mass is 15.0. The van der Waals surface area contributed by atoms with Gasteiger partial charge in [-0.25, -0.2) is 0 Å². The molecule has 1 unspecified atom stereocenters. The molecule has 0 saturated carbocycles. The summed E-state index contributed by atoms with van der Waals surface area (Å²) in [6, 6.07) is 24.3. The second-order valence-electron chi connectivity index (χ2n) is 7.85. The Morgan fingerprint density at radius 1 is 0.931 bits per heavy atom. The van der Waals surface area contributed by atoms with Crippen LogP contribution >= 0.6 is 0 Å². The lowest BCUT2D eigenvalue weighted by atomic mass is 9.96. The minimum absolute atomic E-state index is 0.0661. The minimum atomic E-state index is 0.0661. The van der Waals surface area contributed by atoms with Crippen molar-refractivity contribution in [1.82, 2.24) is 4.57 Å². The first kappa shape index (κ1) is 18.0. The Balaban J connectivity index is 1.82. The number of rotatable bonds is 4. The van der Waals surface area contributed by atoms with Gasteiger partial charge in [0.1, 0.15) is 0 Å². The summed E-state index contributed by atoms with van der Waals surface area (Å²) >= 11 is 0. The van der Waals surface area contributed by atoms with Crippen LogP contribution in [0.5, 0.6) is 0 Å². The maximum absolute atomic E-state index is 6.37. The van der Waals surface area contributed by atoms with Gasteiger partial charge >= 0.3 is 0 Å². The van der Waals surface area contributed by atoms with Gasteiger partial charge in [0.15, 0.2) is 0 Å². The number of para-hydroxylation sites is 1. The van der Waals surface area contributed by atoms with Gasteiger partial charge in [-0.1, -0.05) is 67.6 Å². The lowest BCUT2D eigenvalue weighted by molar-refractivity contribution is 0.699. The zero-order chi connectivity index (χ0) is 19.8. The second kappa shape index (κ2) is 7.38. The first-order valence-corrected chi connectivity index (χ1v) is 10.5. The number of nitrogens with zero attached hydrogens (tertiary/aromatic N) is 1. The summed E-state index contributed by atoms with van der Waals surface area (Å²) in [6.07, 6.45) is 9.81. The minimum Gasteiger partial charge on any atom is -0.324 e. The molecule has 1 aliphatic carbocycles. The molecule has 1 heterocycles. The number of benzene rings is 3. The number of aromatic nitrogens is 1. The number of hydrogen-bond acceptors (Lipinski definition) is 1. The maximum atomic E-state index is 6.37. The van der Waals surface area contributed by atoms with E-state index in [9.17, 15) is 0 Å². The summed E-state index contributed by atoms with van der Waals surface area (Å²) in [5, 5.41) is 2.57. The maximum Gasteiger partial charge on any atom is 0.0547 e. The summed E-state index contributed by atoms with van der Waals surface area (Å²) in [5.41, 5.74) is 13.9.